The molecule has 0 fully saturated rings. The van der Waals surface area contributed by atoms with Gasteiger partial charge in [0, 0.05) is 25.7 Å². The van der Waals surface area contributed by atoms with Crippen molar-refractivity contribution in [3.63, 3.8) is 0 Å². The monoisotopic (exact) mass is 421 g/mol. The summed E-state index contributed by atoms with van der Waals surface area (Å²) in [6.45, 7) is 6.94. The molecule has 166 valence electrons. The normalized spacial score (nSPS) is 20.0. The molecule has 30 heavy (non-hydrogen) atoms. The number of alkyl carbamates (subject to hydrolysis) is 1. The zero-order chi connectivity index (χ0) is 22.5. The Bertz CT molecular complexity index is 786. The first kappa shape index (κ1) is 23.7. The number of ether oxygens (including phenoxy) is 3. The van der Waals surface area contributed by atoms with Crippen LogP contribution in [-0.2, 0) is 30.2 Å². The Hall–Kier alpha value is -2.61. The van der Waals surface area contributed by atoms with Crippen molar-refractivity contribution in [1.29, 1.82) is 0 Å². The Morgan fingerprint density at radius 3 is 2.43 bits per heavy atom. The largest absolute Gasteiger partial charge is 0.480 e. The predicted octanol–water partition coefficient (Wildman–Crippen LogP) is 2.89. The highest BCUT2D eigenvalue weighted by Crippen LogP contribution is 2.48. The fraction of sp³-hybridized carbons (Fsp3) is 0.591. The summed E-state index contributed by atoms with van der Waals surface area (Å²) in [5.74, 6) is -2.99. The number of aliphatic carboxylic acids is 1. The second kappa shape index (κ2) is 9.47. The number of carboxylic acids is 1. The Morgan fingerprint density at radius 1 is 1.20 bits per heavy atom. The van der Waals surface area contributed by atoms with Crippen LogP contribution in [0.1, 0.15) is 51.2 Å². The minimum atomic E-state index is -1.92. The van der Waals surface area contributed by atoms with Crippen LogP contribution in [0.2, 0.25) is 0 Å². The third kappa shape index (κ3) is 4.92. The topological polar surface area (TPSA) is 111 Å². The molecule has 8 heteroatoms. The molecule has 1 amide bonds. The molecule has 3 atom stereocenters. The van der Waals surface area contributed by atoms with Crippen LogP contribution in [0, 0.1) is 5.41 Å². The molecule has 1 aromatic carbocycles. The van der Waals surface area contributed by atoms with E-state index < -0.39 is 41.0 Å². The van der Waals surface area contributed by atoms with Crippen molar-refractivity contribution in [1.82, 2.24) is 5.32 Å². The van der Waals surface area contributed by atoms with E-state index in [1.807, 2.05) is 12.1 Å². The summed E-state index contributed by atoms with van der Waals surface area (Å²) >= 11 is 0. The molecule has 2 N–H and O–H groups in total. The van der Waals surface area contributed by atoms with Crippen LogP contribution in [0.3, 0.4) is 0 Å². The first-order valence-corrected chi connectivity index (χ1v) is 10.0. The zero-order valence-electron chi connectivity index (χ0n) is 18.2. The minimum absolute atomic E-state index is 0.0410. The van der Waals surface area contributed by atoms with Crippen molar-refractivity contribution in [2.45, 2.75) is 58.1 Å². The Morgan fingerprint density at radius 2 is 1.87 bits per heavy atom. The van der Waals surface area contributed by atoms with Crippen molar-refractivity contribution < 1.29 is 33.7 Å². The van der Waals surface area contributed by atoms with E-state index in [0.717, 1.165) is 5.56 Å². The van der Waals surface area contributed by atoms with E-state index >= 15 is 0 Å². The van der Waals surface area contributed by atoms with Gasteiger partial charge >= 0.3 is 18.0 Å². The van der Waals surface area contributed by atoms with Crippen molar-refractivity contribution in [3.8, 4) is 0 Å². The summed E-state index contributed by atoms with van der Waals surface area (Å²) < 4.78 is 15.7. The molecule has 0 saturated carbocycles. The highest BCUT2D eigenvalue weighted by Gasteiger charge is 2.59. The zero-order valence-corrected chi connectivity index (χ0v) is 18.2. The quantitative estimate of drug-likeness (QED) is 0.490. The molecule has 0 radical (unpaired) electrons. The standard InChI is InChI=1S/C22H31NO7/c1-6-29-19(26)22(18(24)25,11-12-28-5)17-15-10-8-7-9-14(15)13-16(17)23-20(27)30-21(2,3)4/h7-10,16-17H,6,11-13H2,1-5H3,(H,23,27)(H,24,25)/t16-,17-,22?/m1/s1. The molecule has 1 aliphatic rings. The van der Waals surface area contributed by atoms with E-state index in [4.69, 9.17) is 14.2 Å². The number of carbonyl (C=O) groups is 3. The van der Waals surface area contributed by atoms with Gasteiger partial charge in [-0.15, -0.1) is 0 Å². The lowest BCUT2D eigenvalue weighted by atomic mass is 9.68. The number of esters is 1. The summed E-state index contributed by atoms with van der Waals surface area (Å²) in [5, 5.41) is 13.1. The van der Waals surface area contributed by atoms with Gasteiger partial charge in [0.25, 0.3) is 0 Å². The number of nitrogens with one attached hydrogen (secondary N) is 1. The highest BCUT2D eigenvalue weighted by molar-refractivity contribution is 6.01. The molecule has 1 aromatic rings. The second-order valence-corrected chi connectivity index (χ2v) is 8.37. The maximum Gasteiger partial charge on any atom is 0.407 e. The fourth-order valence-electron chi connectivity index (χ4n) is 4.03. The molecule has 2 rings (SSSR count). The summed E-state index contributed by atoms with van der Waals surface area (Å²) in [5.41, 5.74) is -1.06. The first-order valence-electron chi connectivity index (χ1n) is 10.0. The number of hydrogen-bond donors (Lipinski definition) is 2. The minimum Gasteiger partial charge on any atom is -0.480 e. The maximum absolute atomic E-state index is 13.1. The van der Waals surface area contributed by atoms with Gasteiger partial charge in [0.1, 0.15) is 5.60 Å². The number of fused-ring (bicyclic) bond motifs is 1. The van der Waals surface area contributed by atoms with Crippen LogP contribution >= 0.6 is 0 Å². The van der Waals surface area contributed by atoms with Crippen LogP contribution < -0.4 is 5.32 Å². The van der Waals surface area contributed by atoms with Crippen LogP contribution in [-0.4, -0.2) is 55.1 Å². The lowest BCUT2D eigenvalue weighted by molar-refractivity contribution is -0.173. The molecule has 0 heterocycles. The Balaban J connectivity index is 2.55. The van der Waals surface area contributed by atoms with Gasteiger partial charge in [0.15, 0.2) is 5.41 Å². The summed E-state index contributed by atoms with van der Waals surface area (Å²) in [6.07, 6.45) is -0.384. The molecular formula is C22H31NO7. The molecular weight excluding hydrogens is 390 g/mol. The van der Waals surface area contributed by atoms with Gasteiger partial charge in [-0.1, -0.05) is 24.3 Å². The molecule has 0 aliphatic heterocycles. The van der Waals surface area contributed by atoms with E-state index in [2.05, 4.69) is 5.32 Å². The molecule has 0 bridgehead atoms. The van der Waals surface area contributed by atoms with Gasteiger partial charge in [-0.05, 0) is 51.7 Å². The molecule has 8 nitrogen and oxygen atoms in total. The van der Waals surface area contributed by atoms with Crippen LogP contribution in [0.4, 0.5) is 4.79 Å². The molecule has 0 spiro atoms. The average molecular weight is 421 g/mol. The molecule has 1 aliphatic carbocycles. The van der Waals surface area contributed by atoms with Gasteiger partial charge in [-0.25, -0.2) is 4.79 Å². The predicted molar refractivity (Wildman–Crippen MR) is 109 cm³/mol. The van der Waals surface area contributed by atoms with E-state index in [1.54, 1.807) is 39.8 Å². The SMILES string of the molecule is CCOC(=O)C(CCOC)(C(=O)O)[C@@H]1c2ccccc2C[C@H]1NC(=O)OC(C)(C)C. The van der Waals surface area contributed by atoms with E-state index in [1.165, 1.54) is 7.11 Å². The summed E-state index contributed by atoms with van der Waals surface area (Å²) in [7, 11) is 1.44. The van der Waals surface area contributed by atoms with E-state index in [9.17, 15) is 19.5 Å². The highest BCUT2D eigenvalue weighted by atomic mass is 16.6. The Labute approximate surface area is 176 Å². The van der Waals surface area contributed by atoms with Gasteiger partial charge in [-0.2, -0.15) is 0 Å². The van der Waals surface area contributed by atoms with Gasteiger partial charge in [0.05, 0.1) is 6.61 Å². The first-order chi connectivity index (χ1) is 14.1. The van der Waals surface area contributed by atoms with Crippen LogP contribution in [0.5, 0.6) is 0 Å². The summed E-state index contributed by atoms with van der Waals surface area (Å²) in [6, 6.07) is 6.63. The molecule has 1 unspecified atom stereocenters. The molecule has 0 saturated heterocycles. The summed E-state index contributed by atoms with van der Waals surface area (Å²) in [4.78, 5) is 38.2. The number of carboxylic acid groups (broad SMARTS) is 1. The van der Waals surface area contributed by atoms with E-state index in [0.29, 0.717) is 12.0 Å². The smallest absolute Gasteiger partial charge is 0.407 e. The van der Waals surface area contributed by atoms with Crippen molar-refractivity contribution in [2.24, 2.45) is 5.41 Å². The fourth-order valence-corrected chi connectivity index (χ4v) is 4.03. The number of hydrogen-bond acceptors (Lipinski definition) is 6. The number of rotatable bonds is 8. The average Bonchev–Trinajstić information content (AvgIpc) is 2.99. The number of amides is 1. The maximum atomic E-state index is 13.1. The van der Waals surface area contributed by atoms with Crippen molar-refractivity contribution in [3.05, 3.63) is 35.4 Å². The molecule has 0 aromatic heterocycles. The van der Waals surface area contributed by atoms with E-state index in [-0.39, 0.29) is 19.6 Å². The lowest BCUT2D eigenvalue weighted by Crippen LogP contribution is -2.53. The number of methoxy groups -OCH3 is 1. The van der Waals surface area contributed by atoms with Crippen molar-refractivity contribution in [2.75, 3.05) is 20.3 Å². The third-order valence-corrected chi connectivity index (χ3v) is 5.19. The Kier molecular flexibility index (Phi) is 7.47. The number of benzene rings is 1. The van der Waals surface area contributed by atoms with Gasteiger partial charge in [0.2, 0.25) is 0 Å². The van der Waals surface area contributed by atoms with Crippen LogP contribution in [0.25, 0.3) is 0 Å². The second-order valence-electron chi connectivity index (χ2n) is 8.37. The van der Waals surface area contributed by atoms with Crippen molar-refractivity contribution >= 4 is 18.0 Å². The van der Waals surface area contributed by atoms with Crippen LogP contribution in [0.15, 0.2) is 24.3 Å². The lowest BCUT2D eigenvalue weighted by Gasteiger charge is -2.37. The number of carbonyl (C=O) groups excluding carboxylic acids is 2. The van der Waals surface area contributed by atoms with Gasteiger partial charge < -0.3 is 24.6 Å². The third-order valence-electron chi connectivity index (χ3n) is 5.19. The van der Waals surface area contributed by atoms with Gasteiger partial charge in [-0.3, -0.25) is 9.59 Å².